The molecule has 0 bridgehead atoms. The summed E-state index contributed by atoms with van der Waals surface area (Å²) in [6, 6.07) is 9.89. The topological polar surface area (TPSA) is 67.2 Å². The van der Waals surface area contributed by atoms with Gasteiger partial charge in [-0.3, -0.25) is 14.3 Å². The number of rotatable bonds is 2. The van der Waals surface area contributed by atoms with Crippen LogP contribution in [-0.4, -0.2) is 45.1 Å². The lowest BCUT2D eigenvalue weighted by Crippen LogP contribution is -2.52. The zero-order valence-electron chi connectivity index (χ0n) is 14.6. The molecule has 3 heterocycles. The van der Waals surface area contributed by atoms with Gasteiger partial charge < -0.3 is 10.2 Å². The Kier molecular flexibility index (Phi) is 4.23. The second-order valence-electron chi connectivity index (χ2n) is 7.23. The van der Waals surface area contributed by atoms with Gasteiger partial charge in [-0.1, -0.05) is 41.9 Å². The van der Waals surface area contributed by atoms with Crippen LogP contribution in [0, 0.1) is 0 Å². The molecule has 26 heavy (non-hydrogen) atoms. The standard InChI is InChI=1S/C19H21ClN4O2/c1-23-12-15(20)16(22-23)18(26)24-9-7-19(8-10-24)11-14(17(25)21-19)13-5-3-2-4-6-13/h2-6,12,14H,7-11H2,1H3,(H,21,25)/t14-/m0/s1. The van der Waals surface area contributed by atoms with E-state index in [1.54, 1.807) is 22.8 Å². The number of nitrogens with zero attached hydrogens (tertiary/aromatic N) is 3. The Balaban J connectivity index is 1.44. The molecule has 7 heteroatoms. The highest BCUT2D eigenvalue weighted by Gasteiger charge is 2.46. The molecule has 1 aromatic heterocycles. The van der Waals surface area contributed by atoms with Crippen molar-refractivity contribution in [3.8, 4) is 0 Å². The molecule has 2 aliphatic heterocycles. The Bertz CT molecular complexity index is 840. The second kappa shape index (κ2) is 6.43. The van der Waals surface area contributed by atoms with E-state index < -0.39 is 0 Å². The molecule has 2 aliphatic rings. The lowest BCUT2D eigenvalue weighted by molar-refractivity contribution is -0.121. The van der Waals surface area contributed by atoms with Crippen LogP contribution in [0.1, 0.15) is 41.2 Å². The fourth-order valence-electron chi connectivity index (χ4n) is 4.06. The SMILES string of the molecule is Cn1cc(Cl)c(C(=O)N2CCC3(CC2)C[C@@H](c2ccccc2)C(=O)N3)n1. The lowest BCUT2D eigenvalue weighted by Gasteiger charge is -2.39. The molecule has 0 radical (unpaired) electrons. The first kappa shape index (κ1) is 17.1. The summed E-state index contributed by atoms with van der Waals surface area (Å²) in [6.07, 6.45) is 3.90. The zero-order valence-corrected chi connectivity index (χ0v) is 15.4. The van der Waals surface area contributed by atoms with E-state index in [1.807, 2.05) is 30.3 Å². The average Bonchev–Trinajstić information content (AvgIpc) is 3.14. The summed E-state index contributed by atoms with van der Waals surface area (Å²) >= 11 is 6.10. The van der Waals surface area contributed by atoms with Crippen molar-refractivity contribution in [3.05, 3.63) is 52.8 Å². The van der Waals surface area contributed by atoms with Crippen molar-refractivity contribution in [1.82, 2.24) is 20.0 Å². The van der Waals surface area contributed by atoms with Crippen molar-refractivity contribution in [2.45, 2.75) is 30.7 Å². The molecular formula is C19H21ClN4O2. The monoisotopic (exact) mass is 372 g/mol. The first-order valence-electron chi connectivity index (χ1n) is 8.83. The molecule has 2 fully saturated rings. The Hall–Kier alpha value is -2.34. The van der Waals surface area contributed by atoms with Crippen LogP contribution in [0.2, 0.25) is 5.02 Å². The third-order valence-corrected chi connectivity index (χ3v) is 5.77. The van der Waals surface area contributed by atoms with Gasteiger partial charge in [0, 0.05) is 31.9 Å². The first-order valence-corrected chi connectivity index (χ1v) is 9.21. The number of piperidine rings is 1. The fraction of sp³-hybridized carbons (Fsp3) is 0.421. The largest absolute Gasteiger partial charge is 0.350 e. The molecule has 0 unspecified atom stereocenters. The highest BCUT2D eigenvalue weighted by atomic mass is 35.5. The van der Waals surface area contributed by atoms with Gasteiger partial charge in [0.05, 0.1) is 10.9 Å². The van der Waals surface area contributed by atoms with Gasteiger partial charge in [0.2, 0.25) is 5.91 Å². The minimum Gasteiger partial charge on any atom is -0.350 e. The molecule has 1 spiro atoms. The van der Waals surface area contributed by atoms with Crippen LogP contribution in [0.3, 0.4) is 0 Å². The van der Waals surface area contributed by atoms with Gasteiger partial charge in [-0.15, -0.1) is 0 Å². The van der Waals surface area contributed by atoms with Crippen LogP contribution in [0.25, 0.3) is 0 Å². The molecule has 2 amide bonds. The van der Waals surface area contributed by atoms with E-state index in [9.17, 15) is 9.59 Å². The third-order valence-electron chi connectivity index (χ3n) is 5.50. The fourth-order valence-corrected chi connectivity index (χ4v) is 4.32. The number of benzene rings is 1. The maximum absolute atomic E-state index is 12.7. The number of carbonyl (C=O) groups excluding carboxylic acids is 2. The van der Waals surface area contributed by atoms with E-state index in [0.29, 0.717) is 23.8 Å². The van der Waals surface area contributed by atoms with Crippen molar-refractivity contribution in [2.24, 2.45) is 7.05 Å². The van der Waals surface area contributed by atoms with E-state index in [1.165, 1.54) is 0 Å². The summed E-state index contributed by atoms with van der Waals surface area (Å²) in [5.41, 5.74) is 1.13. The van der Waals surface area contributed by atoms with Crippen LogP contribution >= 0.6 is 11.6 Å². The number of aromatic nitrogens is 2. The van der Waals surface area contributed by atoms with E-state index in [2.05, 4.69) is 10.4 Å². The van der Waals surface area contributed by atoms with Gasteiger partial charge in [-0.25, -0.2) is 0 Å². The van der Waals surface area contributed by atoms with Crippen molar-refractivity contribution in [1.29, 1.82) is 0 Å². The Morgan fingerprint density at radius 1 is 1.27 bits per heavy atom. The second-order valence-corrected chi connectivity index (χ2v) is 7.64. The normalized spacial score (nSPS) is 21.8. The van der Waals surface area contributed by atoms with Gasteiger partial charge in [0.1, 0.15) is 0 Å². The van der Waals surface area contributed by atoms with Gasteiger partial charge in [0.15, 0.2) is 5.69 Å². The van der Waals surface area contributed by atoms with Gasteiger partial charge in [-0.2, -0.15) is 5.10 Å². The van der Waals surface area contributed by atoms with E-state index in [0.717, 1.165) is 24.8 Å². The summed E-state index contributed by atoms with van der Waals surface area (Å²) < 4.78 is 1.54. The average molecular weight is 373 g/mol. The first-order chi connectivity index (χ1) is 12.5. The summed E-state index contributed by atoms with van der Waals surface area (Å²) in [5.74, 6) is -0.165. The molecular weight excluding hydrogens is 352 g/mol. The molecule has 0 saturated carbocycles. The smallest absolute Gasteiger partial charge is 0.275 e. The maximum atomic E-state index is 12.7. The number of hydrogen-bond donors (Lipinski definition) is 1. The van der Waals surface area contributed by atoms with Crippen molar-refractivity contribution in [2.75, 3.05) is 13.1 Å². The maximum Gasteiger partial charge on any atom is 0.275 e. The Labute approximate surface area is 157 Å². The molecule has 2 saturated heterocycles. The van der Waals surface area contributed by atoms with Crippen LogP contribution in [0.5, 0.6) is 0 Å². The molecule has 1 N–H and O–H groups in total. The molecule has 1 atom stereocenters. The van der Waals surface area contributed by atoms with Gasteiger partial charge in [0.25, 0.3) is 5.91 Å². The number of amides is 2. The van der Waals surface area contributed by atoms with Gasteiger partial charge >= 0.3 is 0 Å². The van der Waals surface area contributed by atoms with Crippen LogP contribution < -0.4 is 5.32 Å². The summed E-state index contributed by atoms with van der Waals surface area (Å²) in [6.45, 7) is 1.18. The number of carbonyl (C=O) groups is 2. The molecule has 6 nitrogen and oxygen atoms in total. The van der Waals surface area contributed by atoms with Crippen molar-refractivity contribution >= 4 is 23.4 Å². The highest BCUT2D eigenvalue weighted by molar-refractivity contribution is 6.33. The Morgan fingerprint density at radius 3 is 2.58 bits per heavy atom. The molecule has 136 valence electrons. The van der Waals surface area contributed by atoms with Crippen LogP contribution in [0.4, 0.5) is 0 Å². The van der Waals surface area contributed by atoms with Crippen molar-refractivity contribution in [3.63, 3.8) is 0 Å². The van der Waals surface area contributed by atoms with Crippen molar-refractivity contribution < 1.29 is 9.59 Å². The predicted octanol–water partition coefficient (Wildman–Crippen LogP) is 2.35. The quantitative estimate of drug-likeness (QED) is 0.879. The lowest BCUT2D eigenvalue weighted by atomic mass is 9.82. The number of likely N-dealkylation sites (tertiary alicyclic amines) is 1. The molecule has 0 aliphatic carbocycles. The van der Waals surface area contributed by atoms with E-state index in [4.69, 9.17) is 11.6 Å². The molecule has 1 aromatic carbocycles. The molecule has 2 aromatic rings. The number of aryl methyl sites for hydroxylation is 1. The zero-order chi connectivity index (χ0) is 18.3. The predicted molar refractivity (Wildman–Crippen MR) is 98.0 cm³/mol. The van der Waals surface area contributed by atoms with E-state index in [-0.39, 0.29) is 23.3 Å². The highest BCUT2D eigenvalue weighted by Crippen LogP contribution is 2.39. The minimum absolute atomic E-state index is 0.0868. The third kappa shape index (κ3) is 2.98. The van der Waals surface area contributed by atoms with Gasteiger partial charge in [-0.05, 0) is 24.8 Å². The number of nitrogens with one attached hydrogen (secondary N) is 1. The van der Waals surface area contributed by atoms with Crippen LogP contribution in [-0.2, 0) is 11.8 Å². The minimum atomic E-state index is -0.220. The number of hydrogen-bond acceptors (Lipinski definition) is 3. The summed E-state index contributed by atoms with van der Waals surface area (Å²) in [5, 5.41) is 7.74. The molecule has 4 rings (SSSR count). The summed E-state index contributed by atoms with van der Waals surface area (Å²) in [4.78, 5) is 27.0. The van der Waals surface area contributed by atoms with Crippen LogP contribution in [0.15, 0.2) is 36.5 Å². The van der Waals surface area contributed by atoms with E-state index >= 15 is 0 Å². The Morgan fingerprint density at radius 2 is 1.96 bits per heavy atom. The number of halogens is 1. The summed E-state index contributed by atoms with van der Waals surface area (Å²) in [7, 11) is 1.74.